The Hall–Kier alpha value is -3.49. The van der Waals surface area contributed by atoms with Crippen molar-refractivity contribution < 1.29 is 18.3 Å². The average molecular weight is 538 g/mol. The van der Waals surface area contributed by atoms with Crippen LogP contribution in [0, 0.1) is 11.6 Å². The molecule has 1 atom stereocenters. The molecule has 1 amide bonds. The Morgan fingerprint density at radius 1 is 1.00 bits per heavy atom. The van der Waals surface area contributed by atoms with Gasteiger partial charge in [0, 0.05) is 45.9 Å². The molecule has 0 aliphatic carbocycles. The number of carbonyl (C=O) groups is 1. The van der Waals surface area contributed by atoms with Crippen LogP contribution >= 0.6 is 15.9 Å². The molecule has 5 rings (SSSR count). The van der Waals surface area contributed by atoms with Gasteiger partial charge >= 0.3 is 0 Å². The van der Waals surface area contributed by atoms with Crippen molar-refractivity contribution in [1.29, 1.82) is 0 Å². The first kappa shape index (κ1) is 23.3. The molecule has 0 unspecified atom stereocenters. The third-order valence-corrected chi connectivity index (χ3v) is 6.60. The van der Waals surface area contributed by atoms with Gasteiger partial charge in [0.1, 0.15) is 18.2 Å². The second-order valence-electron chi connectivity index (χ2n) is 8.37. The van der Waals surface area contributed by atoms with E-state index in [0.29, 0.717) is 17.7 Å². The lowest BCUT2D eigenvalue weighted by atomic mass is 10.0. The smallest absolute Gasteiger partial charge is 0.250 e. The summed E-state index contributed by atoms with van der Waals surface area (Å²) in [5, 5.41) is 0. The zero-order valence-electron chi connectivity index (χ0n) is 18.6. The Bertz CT molecular complexity index is 1370. The third-order valence-electron chi connectivity index (χ3n) is 6.07. The lowest BCUT2D eigenvalue weighted by Gasteiger charge is -2.24. The van der Waals surface area contributed by atoms with E-state index in [9.17, 15) is 13.6 Å². The van der Waals surface area contributed by atoms with Crippen molar-refractivity contribution >= 4 is 27.5 Å². The number of benzene rings is 3. The average Bonchev–Trinajstić information content (AvgIpc) is 3.43. The molecule has 35 heavy (non-hydrogen) atoms. The lowest BCUT2D eigenvalue weighted by Crippen LogP contribution is -2.31. The Balaban J connectivity index is 1.51. The number of nitrogens with two attached hydrogens (primary N) is 1. The summed E-state index contributed by atoms with van der Waals surface area (Å²) >= 11 is 3.45. The van der Waals surface area contributed by atoms with E-state index in [1.54, 1.807) is 29.2 Å². The summed E-state index contributed by atoms with van der Waals surface area (Å²) in [5.74, 6) is -0.906. The number of amides is 1. The van der Waals surface area contributed by atoms with E-state index in [-0.39, 0.29) is 24.9 Å². The predicted octanol–water partition coefficient (Wildman–Crippen LogP) is 5.87. The SMILES string of the molecule is Nc1ccc(CCN2C(=O)CO[C@@H]2c2cn(-c3ccc(Br)cc3)cc2-c2ccc(F)cc2)c(F)c1. The first-order valence-corrected chi connectivity index (χ1v) is 11.9. The van der Waals surface area contributed by atoms with Crippen molar-refractivity contribution in [2.45, 2.75) is 12.6 Å². The second-order valence-corrected chi connectivity index (χ2v) is 9.28. The van der Waals surface area contributed by atoms with Gasteiger partial charge < -0.3 is 19.9 Å². The molecule has 4 aromatic rings. The van der Waals surface area contributed by atoms with E-state index in [1.165, 1.54) is 18.2 Å². The molecule has 178 valence electrons. The van der Waals surface area contributed by atoms with Gasteiger partial charge in [0.15, 0.2) is 6.23 Å². The van der Waals surface area contributed by atoms with Crippen LogP contribution in [0.15, 0.2) is 83.6 Å². The number of carbonyl (C=O) groups excluding carboxylic acids is 1. The summed E-state index contributed by atoms with van der Waals surface area (Å²) < 4.78 is 36.8. The van der Waals surface area contributed by atoms with Crippen LogP contribution in [-0.4, -0.2) is 28.5 Å². The molecule has 2 N–H and O–H groups in total. The molecule has 1 aliphatic heterocycles. The highest BCUT2D eigenvalue weighted by Crippen LogP contribution is 2.37. The van der Waals surface area contributed by atoms with E-state index < -0.39 is 12.0 Å². The van der Waals surface area contributed by atoms with Crippen LogP contribution in [0.4, 0.5) is 14.5 Å². The van der Waals surface area contributed by atoms with Gasteiger partial charge in [-0.15, -0.1) is 0 Å². The molecule has 1 fully saturated rings. The summed E-state index contributed by atoms with van der Waals surface area (Å²) in [6, 6.07) is 18.6. The van der Waals surface area contributed by atoms with E-state index in [2.05, 4.69) is 15.9 Å². The van der Waals surface area contributed by atoms with Gasteiger partial charge in [0.05, 0.1) is 0 Å². The van der Waals surface area contributed by atoms with Gasteiger partial charge in [-0.3, -0.25) is 4.79 Å². The Morgan fingerprint density at radius 3 is 2.46 bits per heavy atom. The molecule has 5 nitrogen and oxygen atoms in total. The molecular formula is C27H22BrF2N3O2. The van der Waals surface area contributed by atoms with Crippen molar-refractivity contribution in [2.75, 3.05) is 18.9 Å². The lowest BCUT2D eigenvalue weighted by molar-refractivity contribution is -0.128. The Morgan fingerprint density at radius 2 is 1.74 bits per heavy atom. The molecule has 8 heteroatoms. The van der Waals surface area contributed by atoms with Gasteiger partial charge in [-0.2, -0.15) is 0 Å². The molecular weight excluding hydrogens is 516 g/mol. The topological polar surface area (TPSA) is 60.5 Å². The minimum atomic E-state index is -0.656. The highest BCUT2D eigenvalue weighted by Gasteiger charge is 2.35. The molecule has 0 radical (unpaired) electrons. The summed E-state index contributed by atoms with van der Waals surface area (Å²) in [4.78, 5) is 14.4. The fraction of sp³-hybridized carbons (Fsp3) is 0.148. The summed E-state index contributed by atoms with van der Waals surface area (Å²) in [5.41, 5.74) is 9.78. The zero-order valence-corrected chi connectivity index (χ0v) is 20.2. The highest BCUT2D eigenvalue weighted by atomic mass is 79.9. The summed E-state index contributed by atoms with van der Waals surface area (Å²) in [6.45, 7) is 0.206. The van der Waals surface area contributed by atoms with Crippen LogP contribution in [0.5, 0.6) is 0 Å². The van der Waals surface area contributed by atoms with Crippen LogP contribution in [0.25, 0.3) is 16.8 Å². The monoisotopic (exact) mass is 537 g/mol. The fourth-order valence-corrected chi connectivity index (χ4v) is 4.53. The van der Waals surface area contributed by atoms with Crippen LogP contribution in [0.3, 0.4) is 0 Å². The quantitative estimate of drug-likeness (QED) is 0.313. The molecule has 1 saturated heterocycles. The highest BCUT2D eigenvalue weighted by molar-refractivity contribution is 9.10. The standard InChI is InChI=1S/C27H22BrF2N3O2/c28-19-4-9-22(10-5-19)32-14-23(17-1-6-20(29)7-2-17)24(15-32)27-33(26(34)16-35-27)12-11-18-3-8-21(31)13-25(18)30/h1-10,13-15,27H,11-12,16,31H2/t27-/m1/s1. The van der Waals surface area contributed by atoms with Gasteiger partial charge in [-0.25, -0.2) is 8.78 Å². The third kappa shape index (κ3) is 4.85. The first-order valence-electron chi connectivity index (χ1n) is 11.1. The number of nitrogen functional groups attached to an aromatic ring is 1. The minimum absolute atomic E-state index is 0.0682. The van der Waals surface area contributed by atoms with Gasteiger partial charge in [-0.1, -0.05) is 34.1 Å². The Labute approximate surface area is 209 Å². The van der Waals surface area contributed by atoms with Crippen molar-refractivity contribution in [1.82, 2.24) is 9.47 Å². The molecule has 0 spiro atoms. The largest absolute Gasteiger partial charge is 0.399 e. The minimum Gasteiger partial charge on any atom is -0.399 e. The van der Waals surface area contributed by atoms with Crippen LogP contribution in [0.2, 0.25) is 0 Å². The molecule has 2 heterocycles. The summed E-state index contributed by atoms with van der Waals surface area (Å²) in [7, 11) is 0. The number of hydrogen-bond donors (Lipinski definition) is 1. The van der Waals surface area contributed by atoms with E-state index >= 15 is 0 Å². The van der Waals surface area contributed by atoms with Gasteiger partial charge in [0.2, 0.25) is 0 Å². The van der Waals surface area contributed by atoms with E-state index in [1.807, 2.05) is 41.2 Å². The molecule has 0 bridgehead atoms. The molecule has 3 aromatic carbocycles. The van der Waals surface area contributed by atoms with Crippen LogP contribution in [-0.2, 0) is 16.0 Å². The fourth-order valence-electron chi connectivity index (χ4n) is 4.26. The normalized spacial score (nSPS) is 15.7. The number of hydrogen-bond acceptors (Lipinski definition) is 3. The maximum absolute atomic E-state index is 14.3. The predicted molar refractivity (Wildman–Crippen MR) is 134 cm³/mol. The zero-order chi connectivity index (χ0) is 24.5. The van der Waals surface area contributed by atoms with Crippen LogP contribution < -0.4 is 5.73 Å². The van der Waals surface area contributed by atoms with Gasteiger partial charge in [0.25, 0.3) is 5.91 Å². The first-order chi connectivity index (χ1) is 16.9. The second kappa shape index (κ2) is 9.64. The van der Waals surface area contributed by atoms with Crippen molar-refractivity contribution in [2.24, 2.45) is 0 Å². The van der Waals surface area contributed by atoms with E-state index in [4.69, 9.17) is 10.5 Å². The summed E-state index contributed by atoms with van der Waals surface area (Å²) in [6.07, 6.45) is 3.52. The van der Waals surface area contributed by atoms with Crippen molar-refractivity contribution in [3.8, 4) is 16.8 Å². The number of aromatic nitrogens is 1. The van der Waals surface area contributed by atoms with Crippen LogP contribution in [0.1, 0.15) is 17.4 Å². The molecule has 0 saturated carbocycles. The number of nitrogens with zero attached hydrogens (tertiary/aromatic N) is 2. The van der Waals surface area contributed by atoms with Crippen molar-refractivity contribution in [3.63, 3.8) is 0 Å². The maximum Gasteiger partial charge on any atom is 0.250 e. The molecule has 1 aromatic heterocycles. The number of ether oxygens (including phenoxy) is 1. The number of halogens is 3. The Kier molecular flexibility index (Phi) is 6.40. The number of rotatable bonds is 6. The van der Waals surface area contributed by atoms with Gasteiger partial charge in [-0.05, 0) is 66.1 Å². The van der Waals surface area contributed by atoms with Crippen molar-refractivity contribution in [3.05, 3.63) is 106 Å². The maximum atomic E-state index is 14.3. The molecule has 1 aliphatic rings. The number of anilines is 1. The van der Waals surface area contributed by atoms with E-state index in [0.717, 1.165) is 26.9 Å².